The highest BCUT2D eigenvalue weighted by atomic mass is 32.1. The quantitative estimate of drug-likeness (QED) is 0.616. The van der Waals surface area contributed by atoms with Gasteiger partial charge in [-0.1, -0.05) is 31.9 Å². The largest absolute Gasteiger partial charge is 0.481 e. The Bertz CT molecular complexity index is 868. The molecule has 1 heterocycles. The van der Waals surface area contributed by atoms with E-state index in [0.29, 0.717) is 23.4 Å². The molecule has 156 valence electrons. The summed E-state index contributed by atoms with van der Waals surface area (Å²) in [6.07, 6.45) is 9.58. The smallest absolute Gasteiger partial charge is 0.307 e. The van der Waals surface area contributed by atoms with Crippen molar-refractivity contribution in [3.05, 3.63) is 28.2 Å². The predicted octanol–water partition coefficient (Wildman–Crippen LogP) is 3.75. The molecule has 6 nitrogen and oxygen atoms in total. The highest BCUT2D eigenvalue weighted by Gasteiger charge is 2.51. The average molecular weight is 417 g/mol. The number of fused-ring (bicyclic) bond motifs is 2. The summed E-state index contributed by atoms with van der Waals surface area (Å²) in [7, 11) is 0. The molecule has 2 fully saturated rings. The normalized spacial score (nSPS) is 28.1. The zero-order chi connectivity index (χ0) is 20.7. The van der Waals surface area contributed by atoms with Crippen LogP contribution in [0.2, 0.25) is 0 Å². The monoisotopic (exact) mass is 416 g/mol. The van der Waals surface area contributed by atoms with Crippen molar-refractivity contribution in [1.82, 2.24) is 5.32 Å². The molecule has 1 aromatic heterocycles. The number of carboxylic acid groups (broad SMARTS) is 1. The van der Waals surface area contributed by atoms with Gasteiger partial charge in [0.25, 0.3) is 5.91 Å². The van der Waals surface area contributed by atoms with E-state index in [0.717, 1.165) is 36.1 Å². The van der Waals surface area contributed by atoms with Gasteiger partial charge < -0.3 is 15.7 Å². The van der Waals surface area contributed by atoms with Gasteiger partial charge in [-0.15, -0.1) is 11.3 Å². The number of carboxylic acids is 1. The second-order valence-electron chi connectivity index (χ2n) is 8.48. The number of amides is 2. The average Bonchev–Trinajstić information content (AvgIpc) is 3.44. The van der Waals surface area contributed by atoms with Gasteiger partial charge in [0.05, 0.1) is 17.4 Å². The zero-order valence-corrected chi connectivity index (χ0v) is 17.7. The first-order valence-electron chi connectivity index (χ1n) is 10.6. The molecular formula is C22H28N2O4S. The van der Waals surface area contributed by atoms with Crippen LogP contribution in [0.1, 0.15) is 59.8 Å². The Labute approximate surface area is 174 Å². The van der Waals surface area contributed by atoms with Gasteiger partial charge in [0, 0.05) is 10.9 Å². The minimum atomic E-state index is -0.919. The summed E-state index contributed by atoms with van der Waals surface area (Å²) < 4.78 is 0. The van der Waals surface area contributed by atoms with Crippen molar-refractivity contribution in [2.45, 2.75) is 58.4 Å². The molecule has 3 aliphatic rings. The first kappa shape index (κ1) is 20.1. The minimum Gasteiger partial charge on any atom is -0.481 e. The molecule has 3 N–H and O–H groups in total. The number of anilines is 1. The van der Waals surface area contributed by atoms with Gasteiger partial charge in [-0.25, -0.2) is 0 Å². The fourth-order valence-corrected chi connectivity index (χ4v) is 6.52. The van der Waals surface area contributed by atoms with E-state index in [1.807, 2.05) is 26.0 Å². The lowest BCUT2D eigenvalue weighted by Gasteiger charge is -2.24. The fourth-order valence-electron chi connectivity index (χ4n) is 5.37. The van der Waals surface area contributed by atoms with E-state index in [2.05, 4.69) is 10.6 Å². The van der Waals surface area contributed by atoms with E-state index >= 15 is 0 Å². The maximum Gasteiger partial charge on any atom is 0.307 e. The van der Waals surface area contributed by atoms with Crippen molar-refractivity contribution in [2.24, 2.45) is 23.7 Å². The van der Waals surface area contributed by atoms with Gasteiger partial charge in [-0.05, 0) is 50.0 Å². The van der Waals surface area contributed by atoms with E-state index in [1.165, 1.54) is 11.3 Å². The molecule has 0 aliphatic heterocycles. The Hall–Kier alpha value is -2.15. The fraction of sp³-hybridized carbons (Fsp3) is 0.591. The topological polar surface area (TPSA) is 95.5 Å². The number of allylic oxidation sites excluding steroid dienone is 2. The third-order valence-corrected chi connectivity index (χ3v) is 7.83. The van der Waals surface area contributed by atoms with E-state index < -0.39 is 17.8 Å². The summed E-state index contributed by atoms with van der Waals surface area (Å²) in [6, 6.07) is 0.197. The summed E-state index contributed by atoms with van der Waals surface area (Å²) in [5, 5.41) is 16.3. The highest BCUT2D eigenvalue weighted by molar-refractivity contribution is 7.16. The molecule has 4 rings (SSSR count). The van der Waals surface area contributed by atoms with Crippen LogP contribution < -0.4 is 10.6 Å². The molecule has 2 amide bonds. The molecule has 0 aromatic carbocycles. The lowest BCUT2D eigenvalue weighted by atomic mass is 9.82. The molecule has 0 saturated heterocycles. The number of aliphatic carboxylic acids is 1. The van der Waals surface area contributed by atoms with Crippen LogP contribution in [-0.2, 0) is 16.0 Å². The highest BCUT2D eigenvalue weighted by Crippen LogP contribution is 2.49. The Kier molecular flexibility index (Phi) is 5.51. The molecule has 0 spiro atoms. The maximum atomic E-state index is 13.1. The van der Waals surface area contributed by atoms with Crippen LogP contribution in [0, 0.1) is 30.6 Å². The van der Waals surface area contributed by atoms with E-state index in [4.69, 9.17) is 0 Å². The molecule has 0 unspecified atom stereocenters. The maximum absolute atomic E-state index is 13.1. The van der Waals surface area contributed by atoms with E-state index in [9.17, 15) is 19.5 Å². The number of aryl methyl sites for hydroxylation is 1. The summed E-state index contributed by atoms with van der Waals surface area (Å²) in [6.45, 7) is 3.97. The Morgan fingerprint density at radius 3 is 2.41 bits per heavy atom. The number of hydrogen-bond donors (Lipinski definition) is 3. The van der Waals surface area contributed by atoms with Crippen LogP contribution in [0.5, 0.6) is 0 Å². The molecule has 2 bridgehead atoms. The molecule has 3 aliphatic carbocycles. The number of carbonyl (C=O) groups excluding carboxylic acids is 2. The summed E-state index contributed by atoms with van der Waals surface area (Å²) >= 11 is 1.41. The predicted molar refractivity (Wildman–Crippen MR) is 112 cm³/mol. The Morgan fingerprint density at radius 1 is 1.14 bits per heavy atom. The van der Waals surface area contributed by atoms with Crippen molar-refractivity contribution in [2.75, 3.05) is 5.32 Å². The lowest BCUT2D eigenvalue weighted by Crippen LogP contribution is -2.37. The van der Waals surface area contributed by atoms with Gasteiger partial charge in [-0.2, -0.15) is 0 Å². The number of nitrogens with one attached hydrogen (secondary N) is 2. The zero-order valence-electron chi connectivity index (χ0n) is 16.9. The van der Waals surface area contributed by atoms with Crippen molar-refractivity contribution in [1.29, 1.82) is 0 Å². The van der Waals surface area contributed by atoms with Crippen LogP contribution in [0.3, 0.4) is 0 Å². The van der Waals surface area contributed by atoms with Gasteiger partial charge >= 0.3 is 5.97 Å². The first-order valence-corrected chi connectivity index (χ1v) is 11.4. The molecule has 1 aromatic rings. The minimum absolute atomic E-state index is 0.0384. The van der Waals surface area contributed by atoms with Crippen molar-refractivity contribution < 1.29 is 19.5 Å². The molecule has 29 heavy (non-hydrogen) atoms. The number of carbonyl (C=O) groups is 3. The van der Waals surface area contributed by atoms with E-state index in [1.54, 1.807) is 0 Å². The second kappa shape index (κ2) is 7.94. The van der Waals surface area contributed by atoms with Gasteiger partial charge in [0.15, 0.2) is 0 Å². The van der Waals surface area contributed by atoms with E-state index in [-0.39, 0.29) is 29.7 Å². The molecular weight excluding hydrogens is 388 g/mol. The third kappa shape index (κ3) is 3.61. The molecule has 7 heteroatoms. The SMILES string of the molecule is CCc1c(C)sc(NC(=O)[C@@H]2[C@H](C(=O)O)[C@H]3C=C[C@H]2C3)c1C(=O)NC1CCCC1. The standard InChI is InChI=1S/C22H28N2O4S/c1-3-15-11(2)29-21(18(15)20(26)23-14-6-4-5-7-14)24-19(25)16-12-8-9-13(10-12)17(16)22(27)28/h8-9,12-14,16-17H,3-7,10H2,1-2H3,(H,23,26)(H,24,25)(H,27,28)/t12-,13-,16-,17+/m0/s1. The van der Waals surface area contributed by atoms with Crippen LogP contribution in [0.4, 0.5) is 5.00 Å². The first-order chi connectivity index (χ1) is 13.9. The summed E-state index contributed by atoms with van der Waals surface area (Å²) in [5.41, 5.74) is 1.52. The molecule has 0 radical (unpaired) electrons. The molecule has 4 atom stereocenters. The number of hydrogen-bond acceptors (Lipinski definition) is 4. The third-order valence-electron chi connectivity index (χ3n) is 6.76. The van der Waals surface area contributed by atoms with Crippen LogP contribution >= 0.6 is 11.3 Å². The second-order valence-corrected chi connectivity index (χ2v) is 9.70. The number of thiophene rings is 1. The van der Waals surface area contributed by atoms with Crippen molar-refractivity contribution >= 4 is 34.1 Å². The summed E-state index contributed by atoms with van der Waals surface area (Å²) in [4.78, 5) is 38.9. The van der Waals surface area contributed by atoms with Crippen molar-refractivity contribution in [3.8, 4) is 0 Å². The van der Waals surface area contributed by atoms with Gasteiger partial charge in [0.2, 0.25) is 5.91 Å². The van der Waals surface area contributed by atoms with Gasteiger partial charge in [-0.3, -0.25) is 14.4 Å². The summed E-state index contributed by atoms with van der Waals surface area (Å²) in [5.74, 6) is -2.71. The number of rotatable bonds is 6. The van der Waals surface area contributed by atoms with Crippen LogP contribution in [0.25, 0.3) is 0 Å². The molecule has 2 saturated carbocycles. The van der Waals surface area contributed by atoms with Crippen molar-refractivity contribution in [3.63, 3.8) is 0 Å². The van der Waals surface area contributed by atoms with Crippen LogP contribution in [-0.4, -0.2) is 28.9 Å². The Morgan fingerprint density at radius 2 is 1.79 bits per heavy atom. The lowest BCUT2D eigenvalue weighted by molar-refractivity contribution is -0.146. The van der Waals surface area contributed by atoms with Crippen LogP contribution in [0.15, 0.2) is 12.2 Å². The van der Waals surface area contributed by atoms with Gasteiger partial charge in [0.1, 0.15) is 5.00 Å². The Balaban J connectivity index is 1.58.